The molecular formula is C27H37N3O9. The number of ether oxygens (including phenoxy) is 2. The van der Waals surface area contributed by atoms with Crippen molar-refractivity contribution in [1.82, 2.24) is 15.6 Å². The number of carbonyl (C=O) groups is 3. The first-order chi connectivity index (χ1) is 18.8. The van der Waals surface area contributed by atoms with Crippen LogP contribution in [0.5, 0.6) is 0 Å². The minimum atomic E-state index is -1.04. The minimum absolute atomic E-state index is 0.0441. The third kappa shape index (κ3) is 9.53. The molecule has 2 aliphatic rings. The van der Waals surface area contributed by atoms with Gasteiger partial charge in [-0.3, -0.25) is 25.3 Å². The van der Waals surface area contributed by atoms with E-state index in [1.54, 1.807) is 6.92 Å². The Morgan fingerprint density at radius 3 is 2.59 bits per heavy atom. The highest BCUT2D eigenvalue weighted by molar-refractivity contribution is 5.89. The molecule has 1 aliphatic carbocycles. The molecule has 1 heterocycles. The van der Waals surface area contributed by atoms with E-state index in [9.17, 15) is 19.5 Å². The van der Waals surface area contributed by atoms with E-state index < -0.39 is 35.5 Å². The Kier molecular flexibility index (Phi) is 12.1. The smallest absolute Gasteiger partial charge is 0.329 e. The lowest BCUT2D eigenvalue weighted by molar-refractivity contribution is -0.493. The maximum Gasteiger partial charge on any atom is 0.329 e. The third-order valence-corrected chi connectivity index (χ3v) is 6.68. The zero-order valence-corrected chi connectivity index (χ0v) is 22.0. The molecule has 39 heavy (non-hydrogen) atoms. The number of nitrogens with zero attached hydrogens (tertiary/aromatic N) is 2. The van der Waals surface area contributed by atoms with Crippen LogP contribution in [0.1, 0.15) is 38.2 Å². The summed E-state index contributed by atoms with van der Waals surface area (Å²) in [6, 6.07) is 6.92. The number of benzene rings is 1. The molecule has 1 aromatic rings. The van der Waals surface area contributed by atoms with Gasteiger partial charge < -0.3 is 19.5 Å². The molecule has 0 spiro atoms. The zero-order chi connectivity index (χ0) is 28.2. The lowest BCUT2D eigenvalue weighted by Gasteiger charge is -2.39. The quantitative estimate of drug-likeness (QED) is 0.144. The summed E-state index contributed by atoms with van der Waals surface area (Å²) < 4.78 is 10.6. The number of hydrogen-bond donors (Lipinski definition) is 4. The van der Waals surface area contributed by atoms with E-state index in [1.165, 1.54) is 4.90 Å². The van der Waals surface area contributed by atoms with E-state index in [4.69, 9.17) is 19.9 Å². The molecule has 3 rings (SSSR count). The Balaban J connectivity index is 1.60. The van der Waals surface area contributed by atoms with Crippen LogP contribution in [0.15, 0.2) is 53.6 Å². The van der Waals surface area contributed by atoms with Crippen LogP contribution >= 0.6 is 0 Å². The number of carbonyl (C=O) groups excluding carboxylic acids is 2. The average molecular weight is 548 g/mol. The van der Waals surface area contributed by atoms with Crippen molar-refractivity contribution in [3.63, 3.8) is 0 Å². The molecule has 0 fully saturated rings. The molecular weight excluding hydrogens is 510 g/mol. The number of aryl methyl sites for hydroxylation is 1. The Labute approximate surface area is 227 Å². The van der Waals surface area contributed by atoms with Crippen molar-refractivity contribution in [2.75, 3.05) is 33.0 Å². The molecule has 214 valence electrons. The van der Waals surface area contributed by atoms with Crippen LogP contribution in [0, 0.1) is 0 Å². The van der Waals surface area contributed by atoms with Crippen molar-refractivity contribution < 1.29 is 44.2 Å². The van der Waals surface area contributed by atoms with Gasteiger partial charge in [0.05, 0.1) is 31.3 Å². The Morgan fingerprint density at radius 2 is 1.87 bits per heavy atom. The number of amides is 1. The second kappa shape index (κ2) is 15.5. The first-order valence-electron chi connectivity index (χ1n) is 13.0. The molecule has 4 N–H and O–H groups in total. The van der Waals surface area contributed by atoms with E-state index in [1.807, 2.05) is 42.5 Å². The average Bonchev–Trinajstić information content (AvgIpc) is 2.93. The van der Waals surface area contributed by atoms with Gasteiger partial charge in [0.15, 0.2) is 0 Å². The van der Waals surface area contributed by atoms with Crippen LogP contribution < -0.4 is 5.32 Å². The van der Waals surface area contributed by atoms with Crippen molar-refractivity contribution in [2.24, 2.45) is 0 Å². The summed E-state index contributed by atoms with van der Waals surface area (Å²) in [5, 5.41) is 29.3. The minimum Gasteiger partial charge on any atom is -0.480 e. The van der Waals surface area contributed by atoms with Gasteiger partial charge in [-0.05, 0) is 49.3 Å². The SMILES string of the molecule is CC(NC(CCc1ccccc1)C(=O)O)C(=O)N1CC2=C(C=CCC2)CC1C(=O)OCCOCCON(O)O. The predicted octanol–water partition coefficient (Wildman–Crippen LogP) is 1.87. The molecule has 0 aromatic heterocycles. The van der Waals surface area contributed by atoms with Crippen molar-refractivity contribution in [3.8, 4) is 0 Å². The van der Waals surface area contributed by atoms with E-state index >= 15 is 0 Å². The van der Waals surface area contributed by atoms with Gasteiger partial charge >= 0.3 is 11.9 Å². The molecule has 12 heteroatoms. The highest BCUT2D eigenvalue weighted by Gasteiger charge is 2.38. The molecule has 1 aromatic carbocycles. The summed E-state index contributed by atoms with van der Waals surface area (Å²) in [5.74, 6) is -1.98. The first-order valence-corrected chi connectivity index (χ1v) is 13.0. The highest BCUT2D eigenvalue weighted by atomic mass is 17.1. The second-order valence-corrected chi connectivity index (χ2v) is 9.43. The van der Waals surface area contributed by atoms with Crippen molar-refractivity contribution >= 4 is 17.8 Å². The molecule has 1 amide bonds. The predicted molar refractivity (Wildman–Crippen MR) is 137 cm³/mol. The Hall–Kier alpha value is -3.13. The van der Waals surface area contributed by atoms with Crippen LogP contribution in [-0.4, -0.2) is 94.8 Å². The van der Waals surface area contributed by atoms with Gasteiger partial charge in [0.2, 0.25) is 5.91 Å². The van der Waals surface area contributed by atoms with Crippen LogP contribution in [0.2, 0.25) is 0 Å². The molecule has 1 aliphatic heterocycles. The summed E-state index contributed by atoms with van der Waals surface area (Å²) in [6.07, 6.45) is 6.85. The summed E-state index contributed by atoms with van der Waals surface area (Å²) in [7, 11) is 0. The first kappa shape index (κ1) is 30.4. The largest absolute Gasteiger partial charge is 0.480 e. The number of esters is 1. The van der Waals surface area contributed by atoms with Gasteiger partial charge in [0.25, 0.3) is 0 Å². The van der Waals surface area contributed by atoms with E-state index in [-0.39, 0.29) is 38.9 Å². The molecule has 0 saturated heterocycles. The number of hydrogen-bond acceptors (Lipinski definition) is 10. The number of carboxylic acids is 1. The zero-order valence-electron chi connectivity index (χ0n) is 22.0. The summed E-state index contributed by atoms with van der Waals surface area (Å²) in [5.41, 5.74) is 3.12. The number of allylic oxidation sites excluding steroid dienone is 2. The number of carboxylic acid groups (broad SMARTS) is 1. The van der Waals surface area contributed by atoms with Crippen LogP contribution in [-0.2, 0) is 35.1 Å². The van der Waals surface area contributed by atoms with Crippen LogP contribution in [0.25, 0.3) is 0 Å². The third-order valence-electron chi connectivity index (χ3n) is 6.68. The van der Waals surface area contributed by atoms with E-state index in [0.717, 1.165) is 29.6 Å². The molecule has 0 saturated carbocycles. The molecule has 3 unspecified atom stereocenters. The van der Waals surface area contributed by atoms with Crippen LogP contribution in [0.3, 0.4) is 0 Å². The summed E-state index contributed by atoms with van der Waals surface area (Å²) in [6.45, 7) is 1.82. The van der Waals surface area contributed by atoms with Gasteiger partial charge in [-0.1, -0.05) is 42.5 Å². The lowest BCUT2D eigenvalue weighted by atomic mass is 9.87. The molecule has 3 atom stereocenters. The molecule has 0 radical (unpaired) electrons. The summed E-state index contributed by atoms with van der Waals surface area (Å²) in [4.78, 5) is 44.4. The number of aliphatic carboxylic acids is 1. The van der Waals surface area contributed by atoms with Crippen molar-refractivity contribution in [1.29, 1.82) is 0 Å². The fourth-order valence-electron chi connectivity index (χ4n) is 4.66. The fourth-order valence-corrected chi connectivity index (χ4v) is 4.66. The maximum absolute atomic E-state index is 13.6. The number of rotatable bonds is 15. The number of nitrogens with one attached hydrogen (secondary N) is 1. The van der Waals surface area contributed by atoms with Gasteiger partial charge in [-0.2, -0.15) is 0 Å². The van der Waals surface area contributed by atoms with Gasteiger partial charge in [-0.25, -0.2) is 9.63 Å². The van der Waals surface area contributed by atoms with E-state index in [2.05, 4.69) is 10.2 Å². The standard InChI is InChI=1S/C27H37N3O9/c1-19(28-23(26(32)33)12-11-20-7-3-2-4-8-20)25(31)29-18-22-10-6-5-9-21(22)17-24(29)27(34)38-15-13-37-14-16-39-30(35)36/h2-5,7-9,19,23-24,28,35-36H,6,10-18H2,1H3,(H,32,33). The lowest BCUT2D eigenvalue weighted by Crippen LogP contribution is -2.57. The monoisotopic (exact) mass is 547 g/mol. The van der Waals surface area contributed by atoms with E-state index in [0.29, 0.717) is 19.3 Å². The van der Waals surface area contributed by atoms with Crippen LogP contribution in [0.4, 0.5) is 0 Å². The van der Waals surface area contributed by atoms with Gasteiger partial charge in [-0.15, -0.1) is 0 Å². The fraction of sp³-hybridized carbons (Fsp3) is 0.519. The van der Waals surface area contributed by atoms with Gasteiger partial charge in [0, 0.05) is 13.0 Å². The second-order valence-electron chi connectivity index (χ2n) is 9.43. The maximum atomic E-state index is 13.6. The topological polar surface area (TPSA) is 158 Å². The van der Waals surface area contributed by atoms with Crippen molar-refractivity contribution in [3.05, 3.63) is 59.2 Å². The summed E-state index contributed by atoms with van der Waals surface area (Å²) >= 11 is 0. The van der Waals surface area contributed by atoms with Crippen molar-refractivity contribution in [2.45, 2.75) is 57.2 Å². The highest BCUT2D eigenvalue weighted by Crippen LogP contribution is 2.31. The molecule has 0 bridgehead atoms. The van der Waals surface area contributed by atoms with Gasteiger partial charge in [0.1, 0.15) is 18.7 Å². The normalized spacial score (nSPS) is 18.6. The molecule has 12 nitrogen and oxygen atoms in total. The Morgan fingerprint density at radius 1 is 1.13 bits per heavy atom. The Bertz CT molecular complexity index is 1030.